The summed E-state index contributed by atoms with van der Waals surface area (Å²) in [4.78, 5) is 26.1. The third kappa shape index (κ3) is 2.63. The first kappa shape index (κ1) is 11.8. The van der Waals surface area contributed by atoms with E-state index < -0.39 is 11.7 Å². The maximum Gasteiger partial charge on any atom is 0.416 e. The Kier molecular flexibility index (Phi) is 3.35. The van der Waals surface area contributed by atoms with Crippen LogP contribution in [-0.4, -0.2) is 12.2 Å². The first-order chi connectivity index (χ1) is 7.49. The van der Waals surface area contributed by atoms with Crippen LogP contribution in [0.1, 0.15) is 5.56 Å². The summed E-state index contributed by atoms with van der Waals surface area (Å²) in [5.41, 5.74) is -1.55. The van der Waals surface area contributed by atoms with Crippen molar-refractivity contribution in [2.45, 2.75) is 6.18 Å². The van der Waals surface area contributed by atoms with E-state index in [1.807, 2.05) is 0 Å². The van der Waals surface area contributed by atoms with E-state index in [9.17, 15) is 22.8 Å². The average Bonchev–Trinajstić information content (AvgIpc) is 2.19. The van der Waals surface area contributed by atoms with Crippen LogP contribution in [0.2, 0.25) is 0 Å². The fourth-order valence-corrected chi connectivity index (χ4v) is 0.982. The second kappa shape index (κ2) is 4.53. The van der Waals surface area contributed by atoms with E-state index in [-0.39, 0.29) is 11.4 Å². The summed E-state index contributed by atoms with van der Waals surface area (Å²) >= 11 is 0. The predicted octanol–water partition coefficient (Wildman–Crippen LogP) is 2.64. The van der Waals surface area contributed by atoms with Gasteiger partial charge in [0.25, 0.3) is 0 Å². The number of carbonyl (C=O) groups excluding carboxylic acids is 2. The molecule has 0 aliphatic carbocycles. The van der Waals surface area contributed by atoms with E-state index in [2.05, 4.69) is 9.98 Å². The van der Waals surface area contributed by atoms with Crippen molar-refractivity contribution in [1.29, 1.82) is 0 Å². The number of aliphatic imine (C=N–C) groups is 2. The smallest absolute Gasteiger partial charge is 0.211 e. The van der Waals surface area contributed by atoms with Crippen molar-refractivity contribution in [2.75, 3.05) is 0 Å². The van der Waals surface area contributed by atoms with Crippen LogP contribution in [0.3, 0.4) is 0 Å². The molecule has 16 heavy (non-hydrogen) atoms. The zero-order chi connectivity index (χ0) is 12.2. The Balaban J connectivity index is 3.39. The summed E-state index contributed by atoms with van der Waals surface area (Å²) < 4.78 is 36.8. The molecule has 0 aromatic heterocycles. The molecule has 0 aliphatic heterocycles. The van der Waals surface area contributed by atoms with Crippen LogP contribution in [0, 0.1) is 0 Å². The number of nitrogens with zero attached hydrogens (tertiary/aromatic N) is 2. The Hall–Kier alpha value is -2.23. The van der Waals surface area contributed by atoms with Crippen LogP contribution in [0.25, 0.3) is 0 Å². The molecule has 4 nitrogen and oxygen atoms in total. The minimum absolute atomic E-state index is 0.175. The minimum atomic E-state index is -4.56. The van der Waals surface area contributed by atoms with E-state index in [4.69, 9.17) is 0 Å². The lowest BCUT2D eigenvalue weighted by Gasteiger charge is -2.07. The molecule has 0 N–H and O–H groups in total. The second-order valence-electron chi connectivity index (χ2n) is 2.61. The summed E-state index contributed by atoms with van der Waals surface area (Å²) in [7, 11) is 0. The molecular formula is C9H3F3N2O2. The Morgan fingerprint density at radius 2 is 1.56 bits per heavy atom. The lowest BCUT2D eigenvalue weighted by atomic mass is 10.1. The van der Waals surface area contributed by atoms with Crippen molar-refractivity contribution >= 4 is 23.5 Å². The lowest BCUT2D eigenvalue weighted by Crippen LogP contribution is -2.03. The molecule has 1 aromatic rings. The number of isocyanates is 2. The fourth-order valence-electron chi connectivity index (χ4n) is 0.982. The third-order valence-electron chi connectivity index (χ3n) is 1.63. The Morgan fingerprint density at radius 1 is 1.00 bits per heavy atom. The van der Waals surface area contributed by atoms with Crippen molar-refractivity contribution in [3.8, 4) is 0 Å². The number of hydrogen-bond acceptors (Lipinski definition) is 4. The van der Waals surface area contributed by atoms with Gasteiger partial charge >= 0.3 is 6.18 Å². The molecule has 0 fully saturated rings. The Morgan fingerprint density at radius 3 is 2.06 bits per heavy atom. The monoisotopic (exact) mass is 228 g/mol. The normalized spacial score (nSPS) is 10.2. The van der Waals surface area contributed by atoms with Crippen LogP contribution in [-0.2, 0) is 15.8 Å². The first-order valence-electron chi connectivity index (χ1n) is 3.86. The van der Waals surface area contributed by atoms with Gasteiger partial charge in [-0.15, -0.1) is 0 Å². The van der Waals surface area contributed by atoms with E-state index in [0.29, 0.717) is 6.07 Å². The van der Waals surface area contributed by atoms with Gasteiger partial charge in [-0.3, -0.25) is 0 Å². The fraction of sp³-hybridized carbons (Fsp3) is 0.111. The largest absolute Gasteiger partial charge is 0.416 e. The van der Waals surface area contributed by atoms with Crippen LogP contribution < -0.4 is 0 Å². The van der Waals surface area contributed by atoms with Gasteiger partial charge in [0.15, 0.2) is 0 Å². The van der Waals surface area contributed by atoms with Crippen molar-refractivity contribution < 1.29 is 22.8 Å². The Labute approximate surface area is 87.1 Å². The zero-order valence-electron chi connectivity index (χ0n) is 7.58. The summed E-state index contributed by atoms with van der Waals surface area (Å²) in [6.07, 6.45) is -2.33. The second-order valence-corrected chi connectivity index (χ2v) is 2.61. The maximum atomic E-state index is 12.3. The van der Waals surface area contributed by atoms with E-state index in [1.165, 1.54) is 0 Å². The quantitative estimate of drug-likeness (QED) is 0.577. The molecule has 0 heterocycles. The van der Waals surface area contributed by atoms with Crippen LogP contribution in [0.4, 0.5) is 24.5 Å². The molecule has 0 radical (unpaired) electrons. The van der Waals surface area contributed by atoms with Gasteiger partial charge < -0.3 is 0 Å². The molecule has 1 aromatic carbocycles. The number of halogens is 3. The van der Waals surface area contributed by atoms with Gasteiger partial charge in [-0.05, 0) is 18.2 Å². The highest BCUT2D eigenvalue weighted by Crippen LogP contribution is 2.36. The lowest BCUT2D eigenvalue weighted by molar-refractivity contribution is -0.137. The van der Waals surface area contributed by atoms with Crippen molar-refractivity contribution in [1.82, 2.24) is 0 Å². The van der Waals surface area contributed by atoms with E-state index in [0.717, 1.165) is 24.3 Å². The van der Waals surface area contributed by atoms with Gasteiger partial charge in [-0.25, -0.2) is 9.59 Å². The van der Waals surface area contributed by atoms with Gasteiger partial charge in [-0.1, -0.05) is 0 Å². The van der Waals surface area contributed by atoms with Crippen molar-refractivity contribution in [3.63, 3.8) is 0 Å². The SMILES string of the molecule is O=C=Nc1ccc(C(F)(F)F)cc1N=C=O. The van der Waals surface area contributed by atoms with Crippen molar-refractivity contribution in [2.24, 2.45) is 9.98 Å². The Bertz CT molecular complexity index is 498. The summed E-state index contributed by atoms with van der Waals surface area (Å²) in [5.74, 6) is 0. The number of alkyl halides is 3. The number of benzene rings is 1. The highest BCUT2D eigenvalue weighted by Gasteiger charge is 2.31. The summed E-state index contributed by atoms with van der Waals surface area (Å²) in [6.45, 7) is 0. The van der Waals surface area contributed by atoms with Gasteiger partial charge in [0, 0.05) is 0 Å². The highest BCUT2D eigenvalue weighted by atomic mass is 19.4. The molecular weight excluding hydrogens is 225 g/mol. The standard InChI is InChI=1S/C9H3F3N2O2/c10-9(11,12)6-1-2-7(13-4-15)8(3-6)14-5-16/h1-3H. The molecule has 0 saturated carbocycles. The highest BCUT2D eigenvalue weighted by molar-refractivity contribution is 5.69. The first-order valence-corrected chi connectivity index (χ1v) is 3.86. The van der Waals surface area contributed by atoms with Gasteiger partial charge in [-0.2, -0.15) is 23.2 Å². The maximum absolute atomic E-state index is 12.3. The molecule has 0 bridgehead atoms. The summed E-state index contributed by atoms with van der Waals surface area (Å²) in [5, 5.41) is 0. The van der Waals surface area contributed by atoms with Crippen LogP contribution >= 0.6 is 0 Å². The van der Waals surface area contributed by atoms with Crippen LogP contribution in [0.5, 0.6) is 0 Å². The van der Waals surface area contributed by atoms with Crippen LogP contribution in [0.15, 0.2) is 28.2 Å². The zero-order valence-corrected chi connectivity index (χ0v) is 7.58. The topological polar surface area (TPSA) is 58.9 Å². The minimum Gasteiger partial charge on any atom is -0.211 e. The molecule has 1 rings (SSSR count). The molecule has 82 valence electrons. The van der Waals surface area contributed by atoms with Gasteiger partial charge in [0.05, 0.1) is 5.56 Å². The molecule has 0 saturated heterocycles. The van der Waals surface area contributed by atoms with Gasteiger partial charge in [0.1, 0.15) is 11.4 Å². The molecule has 0 atom stereocenters. The average molecular weight is 228 g/mol. The van der Waals surface area contributed by atoms with Crippen molar-refractivity contribution in [3.05, 3.63) is 23.8 Å². The predicted molar refractivity (Wildman–Crippen MR) is 47.0 cm³/mol. The molecule has 0 amide bonds. The molecule has 7 heteroatoms. The molecule has 0 spiro atoms. The van der Waals surface area contributed by atoms with E-state index >= 15 is 0 Å². The summed E-state index contributed by atoms with van der Waals surface area (Å²) in [6, 6.07) is 2.24. The number of rotatable bonds is 2. The molecule has 0 unspecified atom stereocenters. The number of hydrogen-bond donors (Lipinski definition) is 0. The third-order valence-corrected chi connectivity index (χ3v) is 1.63. The van der Waals surface area contributed by atoms with Gasteiger partial charge in [0.2, 0.25) is 12.2 Å². The van der Waals surface area contributed by atoms with E-state index in [1.54, 1.807) is 0 Å². The molecule has 0 aliphatic rings.